The van der Waals surface area contributed by atoms with Gasteiger partial charge in [-0.3, -0.25) is 10.1 Å². The second-order valence-corrected chi connectivity index (χ2v) is 7.29. The van der Waals surface area contributed by atoms with Crippen LogP contribution in [0.1, 0.15) is 20.2 Å². The average Bonchev–Trinajstić information content (AvgIpc) is 2.90. The molecule has 0 spiro atoms. The quantitative estimate of drug-likeness (QED) is 0.725. The van der Waals surface area contributed by atoms with E-state index in [1.807, 2.05) is 26.0 Å². The van der Waals surface area contributed by atoms with Gasteiger partial charge in [0.25, 0.3) is 5.91 Å². The molecule has 108 valence electrons. The van der Waals surface area contributed by atoms with E-state index in [1.165, 1.54) is 22.7 Å². The molecule has 0 aliphatic rings. The van der Waals surface area contributed by atoms with Gasteiger partial charge in [0.05, 0.1) is 11.4 Å². The molecule has 2 heterocycles. The predicted octanol–water partition coefficient (Wildman–Crippen LogP) is 4.46. The van der Waals surface area contributed by atoms with E-state index in [9.17, 15) is 4.79 Å². The summed E-state index contributed by atoms with van der Waals surface area (Å²) in [4.78, 5) is 18.2. The molecule has 0 saturated carbocycles. The molecule has 0 aliphatic carbocycles. The maximum Gasteiger partial charge on any atom is 0.269 e. The summed E-state index contributed by atoms with van der Waals surface area (Å²) in [5.74, 6) is -0.237. The van der Waals surface area contributed by atoms with E-state index >= 15 is 0 Å². The maximum atomic E-state index is 12.4. The van der Waals surface area contributed by atoms with E-state index in [-0.39, 0.29) is 5.91 Å². The number of aryl methyl sites for hydroxylation is 2. The number of thiophene rings is 1. The second-order valence-electron chi connectivity index (χ2n) is 4.60. The number of anilines is 2. The van der Waals surface area contributed by atoms with Gasteiger partial charge in [-0.15, -0.1) is 22.7 Å². The second kappa shape index (κ2) is 5.29. The Balaban J connectivity index is 1.96. The Bertz CT molecular complexity index is 834. The third-order valence-corrected chi connectivity index (χ3v) is 5.54. The molecule has 0 atom stereocenters. The van der Waals surface area contributed by atoms with Crippen molar-refractivity contribution in [3.8, 4) is 0 Å². The first kappa shape index (κ1) is 14.3. The predicted molar refractivity (Wildman–Crippen MR) is 90.8 cm³/mol. The highest BCUT2D eigenvalue weighted by Crippen LogP contribution is 2.35. The van der Waals surface area contributed by atoms with Gasteiger partial charge in [-0.1, -0.05) is 11.6 Å². The van der Waals surface area contributed by atoms with Crippen molar-refractivity contribution < 1.29 is 4.79 Å². The Labute approximate surface area is 134 Å². The zero-order valence-corrected chi connectivity index (χ0v) is 13.7. The van der Waals surface area contributed by atoms with Crippen molar-refractivity contribution >= 4 is 61.1 Å². The molecule has 3 rings (SSSR count). The van der Waals surface area contributed by atoms with Crippen LogP contribution in [0.4, 0.5) is 10.8 Å². The molecule has 1 amide bonds. The number of nitrogen functional groups attached to an aromatic ring is 1. The molecule has 4 nitrogen and oxygen atoms in total. The van der Waals surface area contributed by atoms with Crippen molar-refractivity contribution in [1.29, 1.82) is 0 Å². The number of carbonyl (C=O) groups excluding carboxylic acids is 1. The fourth-order valence-corrected chi connectivity index (χ4v) is 4.04. The first-order valence-corrected chi connectivity index (χ1v) is 8.19. The monoisotopic (exact) mass is 337 g/mol. The summed E-state index contributed by atoms with van der Waals surface area (Å²) >= 11 is 8.75. The Hall–Kier alpha value is -1.63. The first-order chi connectivity index (χ1) is 9.95. The highest BCUT2D eigenvalue weighted by molar-refractivity contribution is 7.22. The van der Waals surface area contributed by atoms with Crippen molar-refractivity contribution in [1.82, 2.24) is 4.98 Å². The number of fused-ring (bicyclic) bond motifs is 1. The number of halogens is 1. The number of rotatable bonds is 2. The summed E-state index contributed by atoms with van der Waals surface area (Å²) in [6.45, 7) is 3.88. The number of hydrogen-bond donors (Lipinski definition) is 2. The van der Waals surface area contributed by atoms with Gasteiger partial charge in [-0.25, -0.2) is 4.98 Å². The number of hydrogen-bond acceptors (Lipinski definition) is 5. The standard InChI is InChI=1S/C14H12ClN3OS2/c1-6-7(2)20-14(17-6)18-13(19)12-11(16)9-4-3-8(15)5-10(9)21-12/h3-5H,16H2,1-2H3,(H,17,18,19). The molecular weight excluding hydrogens is 326 g/mol. The van der Waals surface area contributed by atoms with Crippen molar-refractivity contribution in [2.75, 3.05) is 11.1 Å². The van der Waals surface area contributed by atoms with E-state index in [1.54, 1.807) is 6.07 Å². The topological polar surface area (TPSA) is 68.0 Å². The molecule has 0 bridgehead atoms. The van der Waals surface area contributed by atoms with Gasteiger partial charge in [-0.2, -0.15) is 0 Å². The lowest BCUT2D eigenvalue weighted by Crippen LogP contribution is -2.11. The lowest BCUT2D eigenvalue weighted by atomic mass is 10.2. The summed E-state index contributed by atoms with van der Waals surface area (Å²) < 4.78 is 0.900. The number of benzene rings is 1. The molecule has 2 aromatic heterocycles. The number of aromatic nitrogens is 1. The minimum Gasteiger partial charge on any atom is -0.397 e. The fraction of sp³-hybridized carbons (Fsp3) is 0.143. The zero-order chi connectivity index (χ0) is 15.1. The van der Waals surface area contributed by atoms with Gasteiger partial charge in [0.15, 0.2) is 5.13 Å². The van der Waals surface area contributed by atoms with Gasteiger partial charge in [-0.05, 0) is 32.0 Å². The first-order valence-electron chi connectivity index (χ1n) is 6.18. The Morgan fingerprint density at radius 1 is 1.33 bits per heavy atom. The molecule has 0 aliphatic heterocycles. The van der Waals surface area contributed by atoms with Crippen LogP contribution in [-0.2, 0) is 0 Å². The number of amides is 1. The largest absolute Gasteiger partial charge is 0.397 e. The molecule has 0 saturated heterocycles. The Kier molecular flexibility index (Phi) is 3.61. The number of nitrogens with two attached hydrogens (primary N) is 1. The smallest absolute Gasteiger partial charge is 0.269 e. The molecule has 0 fully saturated rings. The molecule has 3 aromatic rings. The van der Waals surface area contributed by atoms with Crippen LogP contribution in [-0.4, -0.2) is 10.9 Å². The third kappa shape index (κ3) is 2.62. The number of carbonyl (C=O) groups is 1. The van der Waals surface area contributed by atoms with E-state index in [4.69, 9.17) is 17.3 Å². The number of thiazole rings is 1. The molecule has 7 heteroatoms. The molecular formula is C14H12ClN3OS2. The van der Waals surface area contributed by atoms with Gasteiger partial charge in [0.1, 0.15) is 4.88 Å². The van der Waals surface area contributed by atoms with Crippen LogP contribution >= 0.6 is 34.3 Å². The van der Waals surface area contributed by atoms with Crippen LogP contribution in [0, 0.1) is 13.8 Å². The van der Waals surface area contributed by atoms with Crippen molar-refractivity contribution in [3.05, 3.63) is 38.7 Å². The highest BCUT2D eigenvalue weighted by atomic mass is 35.5. The number of nitrogens with zero attached hydrogens (tertiary/aromatic N) is 1. The summed E-state index contributed by atoms with van der Waals surface area (Å²) in [6.07, 6.45) is 0. The Morgan fingerprint density at radius 2 is 2.10 bits per heavy atom. The molecule has 3 N–H and O–H groups in total. The molecule has 21 heavy (non-hydrogen) atoms. The van der Waals surface area contributed by atoms with E-state index in [0.29, 0.717) is 20.7 Å². The molecule has 1 aromatic carbocycles. The van der Waals surface area contributed by atoms with Crippen molar-refractivity contribution in [3.63, 3.8) is 0 Å². The van der Waals surface area contributed by atoms with Crippen molar-refractivity contribution in [2.45, 2.75) is 13.8 Å². The minimum atomic E-state index is -0.237. The number of nitrogens with one attached hydrogen (secondary N) is 1. The summed E-state index contributed by atoms with van der Waals surface area (Å²) in [5, 5.41) is 4.86. The van der Waals surface area contributed by atoms with Crippen LogP contribution in [0.5, 0.6) is 0 Å². The van der Waals surface area contributed by atoms with Crippen LogP contribution < -0.4 is 11.1 Å². The third-order valence-electron chi connectivity index (χ3n) is 3.15. The fourth-order valence-electron chi connectivity index (χ4n) is 1.94. The van der Waals surface area contributed by atoms with Crippen LogP contribution in [0.2, 0.25) is 5.02 Å². The molecule has 0 radical (unpaired) electrons. The SMILES string of the molecule is Cc1nc(NC(=O)c2sc3cc(Cl)ccc3c2N)sc1C. The minimum absolute atomic E-state index is 0.237. The normalized spacial score (nSPS) is 11.0. The lowest BCUT2D eigenvalue weighted by molar-refractivity contribution is 0.103. The van der Waals surface area contributed by atoms with E-state index < -0.39 is 0 Å². The van der Waals surface area contributed by atoms with Gasteiger partial charge in [0, 0.05) is 20.0 Å². The summed E-state index contributed by atoms with van der Waals surface area (Å²) in [5.41, 5.74) is 7.47. The average molecular weight is 338 g/mol. The van der Waals surface area contributed by atoms with E-state index in [2.05, 4.69) is 10.3 Å². The van der Waals surface area contributed by atoms with Gasteiger partial charge < -0.3 is 5.73 Å². The van der Waals surface area contributed by atoms with Crippen LogP contribution in [0.15, 0.2) is 18.2 Å². The summed E-state index contributed by atoms with van der Waals surface area (Å²) in [7, 11) is 0. The lowest BCUT2D eigenvalue weighted by Gasteiger charge is -1.99. The van der Waals surface area contributed by atoms with Crippen LogP contribution in [0.3, 0.4) is 0 Å². The summed E-state index contributed by atoms with van der Waals surface area (Å²) in [6, 6.07) is 5.41. The maximum absolute atomic E-state index is 12.4. The molecule has 0 unspecified atom stereocenters. The highest BCUT2D eigenvalue weighted by Gasteiger charge is 2.18. The van der Waals surface area contributed by atoms with E-state index in [0.717, 1.165) is 20.7 Å². The van der Waals surface area contributed by atoms with Gasteiger partial charge >= 0.3 is 0 Å². The Morgan fingerprint density at radius 3 is 2.76 bits per heavy atom. The van der Waals surface area contributed by atoms with Gasteiger partial charge in [0.2, 0.25) is 0 Å². The van der Waals surface area contributed by atoms with Crippen LogP contribution in [0.25, 0.3) is 10.1 Å². The van der Waals surface area contributed by atoms with Crippen molar-refractivity contribution in [2.24, 2.45) is 0 Å². The zero-order valence-electron chi connectivity index (χ0n) is 11.4.